The van der Waals surface area contributed by atoms with Crippen LogP contribution in [0, 0.1) is 16.7 Å². The van der Waals surface area contributed by atoms with Crippen LogP contribution in [0.15, 0.2) is 28.8 Å². The van der Waals surface area contributed by atoms with Crippen LogP contribution in [-0.4, -0.2) is 55.1 Å². The van der Waals surface area contributed by atoms with E-state index < -0.39 is 23.2 Å². The van der Waals surface area contributed by atoms with Gasteiger partial charge in [-0.25, -0.2) is 4.39 Å². The van der Waals surface area contributed by atoms with E-state index in [0.717, 1.165) is 38.4 Å². The van der Waals surface area contributed by atoms with Crippen LogP contribution in [0.25, 0.3) is 0 Å². The van der Waals surface area contributed by atoms with Crippen molar-refractivity contribution in [3.05, 3.63) is 36.0 Å². The minimum atomic E-state index is -4.32. The number of nitrogens with zero attached hydrogens (tertiary/aromatic N) is 4. The molecule has 39 heavy (non-hydrogen) atoms. The van der Waals surface area contributed by atoms with E-state index in [9.17, 15) is 22.4 Å². The number of amides is 1. The maximum Gasteiger partial charge on any atom is 0.394 e. The number of unbranched alkanes of at least 4 members (excludes halogenated alkanes) is 2. The Hall–Kier alpha value is -2.69. The van der Waals surface area contributed by atoms with Gasteiger partial charge in [-0.3, -0.25) is 4.79 Å². The van der Waals surface area contributed by atoms with E-state index >= 15 is 0 Å². The number of hydrogen-bond acceptors (Lipinski definition) is 6. The predicted molar refractivity (Wildman–Crippen MR) is 137 cm³/mol. The molecule has 2 saturated heterocycles. The average Bonchev–Trinajstić information content (AvgIpc) is 3.26. The molecule has 11 heteroatoms. The van der Waals surface area contributed by atoms with Crippen LogP contribution < -0.4 is 9.80 Å². The van der Waals surface area contributed by atoms with E-state index in [2.05, 4.69) is 15.0 Å². The fraction of sp³-hybridized carbons (Fsp3) is 0.679. The van der Waals surface area contributed by atoms with Gasteiger partial charge in [-0.1, -0.05) is 24.6 Å². The minimum Gasteiger partial charge on any atom is -0.380 e. The third-order valence-corrected chi connectivity index (χ3v) is 8.33. The van der Waals surface area contributed by atoms with E-state index in [0.29, 0.717) is 37.3 Å². The molecule has 0 bridgehead atoms. The number of carbonyl (C=O) groups excluding carboxylic acids is 1. The van der Waals surface area contributed by atoms with Crippen LogP contribution in [0.1, 0.15) is 64.6 Å². The molecule has 3 heterocycles. The molecule has 0 N–H and O–H groups in total. The molecule has 7 nitrogen and oxygen atoms in total. The molecule has 5 rings (SSSR count). The highest BCUT2D eigenvalue weighted by molar-refractivity contribution is 5.96. The average molecular weight is 553 g/mol. The largest absolute Gasteiger partial charge is 0.394 e. The molecule has 1 aromatic carbocycles. The number of aryl methyl sites for hydroxylation is 1. The van der Waals surface area contributed by atoms with Crippen molar-refractivity contribution < 1.29 is 31.6 Å². The molecule has 0 radical (unpaired) electrons. The van der Waals surface area contributed by atoms with Crippen LogP contribution in [0.2, 0.25) is 0 Å². The summed E-state index contributed by atoms with van der Waals surface area (Å²) in [6, 6.07) is 7.71. The van der Waals surface area contributed by atoms with Crippen LogP contribution >= 0.6 is 0 Å². The highest BCUT2D eigenvalue weighted by Crippen LogP contribution is 2.56. The summed E-state index contributed by atoms with van der Waals surface area (Å²) in [5.41, 5.74) is -1.57. The Kier molecular flexibility index (Phi) is 7.18. The van der Waals surface area contributed by atoms with Gasteiger partial charge >= 0.3 is 6.18 Å². The number of halogens is 4. The number of alkyl halides is 4. The molecule has 1 spiro atoms. The Labute approximate surface area is 225 Å². The number of anilines is 2. The second-order valence-electron chi connectivity index (χ2n) is 12.3. The zero-order valence-corrected chi connectivity index (χ0v) is 22.7. The Morgan fingerprint density at radius 1 is 1.13 bits per heavy atom. The summed E-state index contributed by atoms with van der Waals surface area (Å²) in [6.45, 7) is 7.63. The van der Waals surface area contributed by atoms with Gasteiger partial charge in [-0.15, -0.1) is 0 Å². The van der Waals surface area contributed by atoms with Crippen molar-refractivity contribution in [2.45, 2.75) is 71.1 Å². The van der Waals surface area contributed by atoms with Crippen molar-refractivity contribution in [3.63, 3.8) is 0 Å². The van der Waals surface area contributed by atoms with Crippen LogP contribution in [0.4, 0.5) is 28.9 Å². The van der Waals surface area contributed by atoms with Gasteiger partial charge in [-0.05, 0) is 57.7 Å². The number of ether oxygens (including phenoxy) is 1. The van der Waals surface area contributed by atoms with E-state index in [-0.39, 0.29) is 30.1 Å². The predicted octanol–water partition coefficient (Wildman–Crippen LogP) is 5.84. The molecule has 3 aliphatic rings. The zero-order valence-electron chi connectivity index (χ0n) is 22.7. The second-order valence-corrected chi connectivity index (χ2v) is 12.3. The number of carbonyl (C=O) groups is 1. The van der Waals surface area contributed by atoms with Crippen LogP contribution in [-0.2, 0) is 21.6 Å². The maximum atomic E-state index is 14.0. The summed E-state index contributed by atoms with van der Waals surface area (Å²) >= 11 is 0. The van der Waals surface area contributed by atoms with Crippen molar-refractivity contribution in [1.29, 1.82) is 0 Å². The maximum absolute atomic E-state index is 14.0. The zero-order chi connectivity index (χ0) is 28.1. The number of aromatic nitrogens is 2. The highest BCUT2D eigenvalue weighted by atomic mass is 19.4. The quantitative estimate of drug-likeness (QED) is 0.273. The van der Waals surface area contributed by atoms with Crippen molar-refractivity contribution in [1.82, 2.24) is 10.1 Å². The van der Waals surface area contributed by atoms with Crippen molar-refractivity contribution in [2.75, 3.05) is 42.6 Å². The molecular weight excluding hydrogens is 516 g/mol. The molecule has 1 saturated carbocycles. The van der Waals surface area contributed by atoms with E-state index in [4.69, 9.17) is 9.26 Å². The van der Waals surface area contributed by atoms with Crippen molar-refractivity contribution >= 4 is 17.3 Å². The molecule has 0 unspecified atom stereocenters. The summed E-state index contributed by atoms with van der Waals surface area (Å²) in [5.74, 6) is -0.532. The van der Waals surface area contributed by atoms with E-state index in [1.165, 1.54) is 20.8 Å². The van der Waals surface area contributed by atoms with E-state index in [1.54, 1.807) is 4.90 Å². The van der Waals surface area contributed by atoms with Crippen LogP contribution in [0.5, 0.6) is 0 Å². The lowest BCUT2D eigenvalue weighted by Gasteiger charge is -2.56. The van der Waals surface area contributed by atoms with Gasteiger partial charge in [0.05, 0.1) is 24.0 Å². The van der Waals surface area contributed by atoms with Crippen molar-refractivity contribution in [2.24, 2.45) is 16.7 Å². The molecule has 2 aliphatic heterocycles. The molecule has 1 aliphatic carbocycles. The fourth-order valence-corrected chi connectivity index (χ4v) is 5.72. The third-order valence-electron chi connectivity index (χ3n) is 8.33. The van der Waals surface area contributed by atoms with Gasteiger partial charge in [-0.2, -0.15) is 18.2 Å². The number of rotatable bonds is 10. The SMILES string of the molecule is CC(C)(F)c1nc(CCCCCN(C(=O)C2CC(C)(C(F)(F)F)C2)c2cccc(N3CC4(COC4)C3)c2)no1. The summed E-state index contributed by atoms with van der Waals surface area (Å²) in [5, 5.41) is 3.83. The number of hydrogen-bond donors (Lipinski definition) is 0. The third kappa shape index (κ3) is 5.64. The Bertz CT molecular complexity index is 1170. The summed E-state index contributed by atoms with van der Waals surface area (Å²) < 4.78 is 64.7. The first-order chi connectivity index (χ1) is 18.3. The topological polar surface area (TPSA) is 71.7 Å². The summed E-state index contributed by atoms with van der Waals surface area (Å²) in [6.07, 6.45) is -2.08. The molecule has 1 aromatic heterocycles. The van der Waals surface area contributed by atoms with Gasteiger partial charge < -0.3 is 19.1 Å². The van der Waals surface area contributed by atoms with Crippen molar-refractivity contribution in [3.8, 4) is 0 Å². The Morgan fingerprint density at radius 3 is 2.44 bits per heavy atom. The lowest BCUT2D eigenvalue weighted by molar-refractivity contribution is -0.253. The van der Waals surface area contributed by atoms with Gasteiger partial charge in [0, 0.05) is 43.3 Å². The molecule has 1 amide bonds. The first-order valence-corrected chi connectivity index (χ1v) is 13.6. The van der Waals surface area contributed by atoms with E-state index in [1.807, 2.05) is 24.3 Å². The Morgan fingerprint density at radius 2 is 1.85 bits per heavy atom. The first kappa shape index (κ1) is 27.9. The standard InChI is InChI=1S/C28H36F4N4O3/c1-25(2,29)24-33-22(34-39-24)10-5-4-6-11-36(23(37)19-13-26(3,14-19)28(30,31)32)21-9-7-8-20(12-21)35-15-27(16-35)17-38-18-27/h7-9,12,19H,4-6,10-11,13-18H2,1-3H3. The van der Waals surface area contributed by atoms with Crippen LogP contribution in [0.3, 0.4) is 0 Å². The van der Waals surface area contributed by atoms with Gasteiger partial charge in [0.1, 0.15) is 0 Å². The van der Waals surface area contributed by atoms with Gasteiger partial charge in [0.25, 0.3) is 5.89 Å². The summed E-state index contributed by atoms with van der Waals surface area (Å²) in [7, 11) is 0. The summed E-state index contributed by atoms with van der Waals surface area (Å²) in [4.78, 5) is 21.5. The lowest BCUT2D eigenvalue weighted by Crippen LogP contribution is -2.66. The Balaban J connectivity index is 1.22. The molecule has 0 atom stereocenters. The van der Waals surface area contributed by atoms with Gasteiger partial charge in [0.2, 0.25) is 5.91 Å². The molecule has 214 valence electrons. The molecular formula is C28H36F4N4O3. The second kappa shape index (κ2) is 10.1. The first-order valence-electron chi connectivity index (χ1n) is 13.6. The molecule has 3 fully saturated rings. The monoisotopic (exact) mass is 552 g/mol. The fourth-order valence-electron chi connectivity index (χ4n) is 5.72. The number of benzene rings is 1. The lowest BCUT2D eigenvalue weighted by atomic mass is 9.62. The minimum absolute atomic E-state index is 0.0570. The normalized spacial score (nSPS) is 24.2. The highest BCUT2D eigenvalue weighted by Gasteiger charge is 2.60. The molecule has 2 aromatic rings. The van der Waals surface area contributed by atoms with Gasteiger partial charge in [0.15, 0.2) is 11.5 Å². The smallest absolute Gasteiger partial charge is 0.380 e.